The van der Waals surface area contributed by atoms with Gasteiger partial charge in [-0.3, -0.25) is 9.69 Å². The third-order valence-electron chi connectivity index (χ3n) is 7.48. The van der Waals surface area contributed by atoms with Crippen LogP contribution in [0.15, 0.2) is 30.3 Å². The molecule has 3 aliphatic rings. The van der Waals surface area contributed by atoms with Gasteiger partial charge in [0.25, 0.3) is 6.43 Å². The molecule has 0 saturated carbocycles. The summed E-state index contributed by atoms with van der Waals surface area (Å²) in [5, 5.41) is 21.1. The summed E-state index contributed by atoms with van der Waals surface area (Å²) in [7, 11) is 0. The maximum atomic E-state index is 12.7. The average molecular weight is 557 g/mol. The van der Waals surface area contributed by atoms with Gasteiger partial charge in [0.2, 0.25) is 0 Å². The van der Waals surface area contributed by atoms with E-state index >= 15 is 0 Å². The molecule has 2 N–H and O–H groups in total. The number of aliphatic carboxylic acids is 1. The van der Waals surface area contributed by atoms with E-state index in [-0.39, 0.29) is 35.4 Å². The molecular weight excluding hydrogens is 529 g/mol. The van der Waals surface area contributed by atoms with E-state index < -0.39 is 25.1 Å². The Morgan fingerprint density at radius 3 is 2.65 bits per heavy atom. The van der Waals surface area contributed by atoms with Gasteiger partial charge in [-0.05, 0) is 35.4 Å². The molecule has 1 spiro atoms. The van der Waals surface area contributed by atoms with Crippen molar-refractivity contribution in [2.24, 2.45) is 0 Å². The molecule has 3 aliphatic heterocycles. The normalized spacial score (nSPS) is 22.9. The van der Waals surface area contributed by atoms with Crippen LogP contribution in [0.4, 0.5) is 14.5 Å². The number of piperidine rings is 1. The number of fused-ring (bicyclic) bond motifs is 1. The number of nitrogens with zero attached hydrogens (tertiary/aromatic N) is 2. The lowest BCUT2D eigenvalue weighted by atomic mass is 9.86. The molecule has 0 amide bonds. The van der Waals surface area contributed by atoms with Gasteiger partial charge in [0.05, 0.1) is 23.6 Å². The van der Waals surface area contributed by atoms with E-state index in [2.05, 4.69) is 4.90 Å². The van der Waals surface area contributed by atoms with Crippen molar-refractivity contribution >= 4 is 34.9 Å². The highest BCUT2D eigenvalue weighted by molar-refractivity contribution is 6.32. The number of carboxylic acids is 1. The number of likely N-dealkylation sites (tertiary alicyclic amines) is 1. The van der Waals surface area contributed by atoms with E-state index in [9.17, 15) is 23.8 Å². The summed E-state index contributed by atoms with van der Waals surface area (Å²) in [5.41, 5.74) is 1.79. The minimum Gasteiger partial charge on any atom is -0.487 e. The molecule has 200 valence electrons. The Morgan fingerprint density at radius 1 is 1.19 bits per heavy atom. The predicted octanol–water partition coefficient (Wildman–Crippen LogP) is 4.28. The standard InChI is InChI=1S/C26H28Cl2F2N2O5/c27-17-1-2-22-16(7-17)11-26(37-22)3-5-31(6-4-26)20-12-32(13-21(20)33)19-10-23(36-14-24(29)30)18(28)8-15(19)9-25(34)35/h1-2,7-8,10,20-21,24,33H,3-6,9,11-14H2,(H,34,35)/t20?,21-/m1/s1. The molecule has 5 rings (SSSR count). The largest absolute Gasteiger partial charge is 0.487 e. The molecule has 2 atom stereocenters. The summed E-state index contributed by atoms with van der Waals surface area (Å²) < 4.78 is 36.9. The van der Waals surface area contributed by atoms with Crippen molar-refractivity contribution in [1.82, 2.24) is 4.90 Å². The Kier molecular flexibility index (Phi) is 7.42. The molecule has 3 heterocycles. The van der Waals surface area contributed by atoms with E-state index in [1.807, 2.05) is 23.1 Å². The molecule has 11 heteroatoms. The van der Waals surface area contributed by atoms with Crippen LogP contribution in [0.1, 0.15) is 24.0 Å². The van der Waals surface area contributed by atoms with Crippen molar-refractivity contribution in [2.75, 3.05) is 37.7 Å². The third-order valence-corrected chi connectivity index (χ3v) is 8.01. The van der Waals surface area contributed by atoms with Crippen molar-refractivity contribution in [3.63, 3.8) is 0 Å². The smallest absolute Gasteiger partial charge is 0.307 e. The van der Waals surface area contributed by atoms with Crippen LogP contribution < -0.4 is 14.4 Å². The van der Waals surface area contributed by atoms with Gasteiger partial charge in [-0.2, -0.15) is 0 Å². The quantitative estimate of drug-likeness (QED) is 0.526. The zero-order chi connectivity index (χ0) is 26.3. The number of carboxylic acid groups (broad SMARTS) is 1. The molecule has 0 radical (unpaired) electrons. The first-order valence-corrected chi connectivity index (χ1v) is 13.0. The highest BCUT2D eigenvalue weighted by Crippen LogP contribution is 2.43. The van der Waals surface area contributed by atoms with Gasteiger partial charge in [-0.1, -0.05) is 23.2 Å². The number of aliphatic hydroxyl groups is 1. The van der Waals surface area contributed by atoms with Crippen LogP contribution in [0.25, 0.3) is 0 Å². The van der Waals surface area contributed by atoms with Gasteiger partial charge < -0.3 is 24.6 Å². The van der Waals surface area contributed by atoms with E-state index in [1.165, 1.54) is 12.1 Å². The number of hydrogen-bond donors (Lipinski definition) is 2. The number of β-amino-alcohol motifs (C(OH)–C–C–N with tert-alkyl or cyclic N) is 1. The average Bonchev–Trinajstić information content (AvgIpc) is 3.38. The van der Waals surface area contributed by atoms with Gasteiger partial charge >= 0.3 is 5.97 Å². The number of ether oxygens (including phenoxy) is 2. The number of hydrogen-bond acceptors (Lipinski definition) is 6. The summed E-state index contributed by atoms with van der Waals surface area (Å²) >= 11 is 12.3. The van der Waals surface area contributed by atoms with Gasteiger partial charge in [0, 0.05) is 62.2 Å². The first kappa shape index (κ1) is 26.3. The highest BCUT2D eigenvalue weighted by Gasteiger charge is 2.45. The molecule has 2 saturated heterocycles. The number of alkyl halides is 2. The topological polar surface area (TPSA) is 82.5 Å². The Hall–Kier alpha value is -2.33. The van der Waals surface area contributed by atoms with Crippen LogP contribution >= 0.6 is 23.2 Å². The van der Waals surface area contributed by atoms with E-state index in [4.69, 9.17) is 32.7 Å². The van der Waals surface area contributed by atoms with Crippen LogP contribution in [0, 0.1) is 0 Å². The molecule has 2 fully saturated rings. The van der Waals surface area contributed by atoms with Crippen LogP contribution in [0.3, 0.4) is 0 Å². The monoisotopic (exact) mass is 556 g/mol. The van der Waals surface area contributed by atoms with Crippen LogP contribution in [-0.4, -0.2) is 78.0 Å². The number of aliphatic hydroxyl groups excluding tert-OH is 1. The fourth-order valence-electron chi connectivity index (χ4n) is 5.72. The molecule has 2 aromatic rings. The summed E-state index contributed by atoms with van der Waals surface area (Å²) in [6.07, 6.45) is -1.23. The molecule has 0 bridgehead atoms. The zero-order valence-corrected chi connectivity index (χ0v) is 21.5. The number of rotatable bonds is 7. The summed E-state index contributed by atoms with van der Waals surface area (Å²) in [6, 6.07) is 8.47. The molecular formula is C26H28Cl2F2N2O5. The molecule has 0 aromatic heterocycles. The second-order valence-electron chi connectivity index (χ2n) is 9.97. The Morgan fingerprint density at radius 2 is 1.95 bits per heavy atom. The predicted molar refractivity (Wildman–Crippen MR) is 136 cm³/mol. The second kappa shape index (κ2) is 10.4. The minimum absolute atomic E-state index is 0.0574. The second-order valence-corrected chi connectivity index (χ2v) is 10.8. The Bertz CT molecular complexity index is 1180. The lowest BCUT2D eigenvalue weighted by molar-refractivity contribution is -0.136. The molecule has 2 aromatic carbocycles. The van der Waals surface area contributed by atoms with E-state index in [1.54, 1.807) is 0 Å². The molecule has 7 nitrogen and oxygen atoms in total. The fourth-order valence-corrected chi connectivity index (χ4v) is 6.15. The van der Waals surface area contributed by atoms with Gasteiger partial charge in [0.1, 0.15) is 23.7 Å². The Balaban J connectivity index is 1.29. The summed E-state index contributed by atoms with van der Waals surface area (Å²) in [6.45, 7) is 1.38. The van der Waals surface area contributed by atoms with Crippen molar-refractivity contribution in [3.8, 4) is 11.5 Å². The zero-order valence-electron chi connectivity index (χ0n) is 20.0. The fraction of sp³-hybridized carbons (Fsp3) is 0.500. The van der Waals surface area contributed by atoms with Crippen molar-refractivity contribution in [1.29, 1.82) is 0 Å². The molecule has 0 aliphatic carbocycles. The van der Waals surface area contributed by atoms with Crippen LogP contribution in [0.2, 0.25) is 10.0 Å². The maximum Gasteiger partial charge on any atom is 0.307 e. The first-order chi connectivity index (χ1) is 17.6. The number of carbonyl (C=O) groups is 1. The van der Waals surface area contributed by atoms with E-state index in [0.29, 0.717) is 22.8 Å². The van der Waals surface area contributed by atoms with Gasteiger partial charge in [-0.15, -0.1) is 0 Å². The van der Waals surface area contributed by atoms with E-state index in [0.717, 1.165) is 43.7 Å². The SMILES string of the molecule is O=C(O)Cc1cc(Cl)c(OCC(F)F)cc1N1CC(N2CCC3(CC2)Cc2cc(Cl)ccc2O3)[C@H](O)C1. The molecule has 1 unspecified atom stereocenters. The van der Waals surface area contributed by atoms with Crippen molar-refractivity contribution in [2.45, 2.75) is 49.9 Å². The Labute approximate surface area is 223 Å². The van der Waals surface area contributed by atoms with Crippen LogP contribution in [0.5, 0.6) is 11.5 Å². The van der Waals surface area contributed by atoms with Crippen molar-refractivity contribution in [3.05, 3.63) is 51.5 Å². The van der Waals surface area contributed by atoms with Crippen molar-refractivity contribution < 1.29 is 33.3 Å². The summed E-state index contributed by atoms with van der Waals surface area (Å²) in [4.78, 5) is 15.6. The minimum atomic E-state index is -2.67. The van der Waals surface area contributed by atoms with Crippen LogP contribution in [-0.2, 0) is 17.6 Å². The highest BCUT2D eigenvalue weighted by atomic mass is 35.5. The number of halogens is 4. The number of benzene rings is 2. The summed E-state index contributed by atoms with van der Waals surface area (Å²) in [5.74, 6) is -0.111. The number of anilines is 1. The lowest BCUT2D eigenvalue weighted by Crippen LogP contribution is -2.53. The maximum absolute atomic E-state index is 12.7. The van der Waals surface area contributed by atoms with Gasteiger partial charge in [-0.25, -0.2) is 8.78 Å². The lowest BCUT2D eigenvalue weighted by Gasteiger charge is -2.41. The van der Waals surface area contributed by atoms with Gasteiger partial charge in [0.15, 0.2) is 0 Å². The molecule has 37 heavy (non-hydrogen) atoms. The third kappa shape index (κ3) is 5.60. The first-order valence-electron chi connectivity index (χ1n) is 12.2.